The summed E-state index contributed by atoms with van der Waals surface area (Å²) < 4.78 is 0. The van der Waals surface area contributed by atoms with Crippen LogP contribution < -0.4 is 0 Å². The number of allylic oxidation sites excluding steroid dienone is 2. The lowest BCUT2D eigenvalue weighted by molar-refractivity contribution is -0.120. The largest absolute Gasteiger partial charge is 0.294 e. The SMILES string of the molecule is CC(C)(C)C(=O)C1=CCc2ccccc21. The van der Waals surface area contributed by atoms with Crippen molar-refractivity contribution in [2.75, 3.05) is 0 Å². The van der Waals surface area contributed by atoms with Crippen LogP contribution in [-0.2, 0) is 11.2 Å². The number of fused-ring (bicyclic) bond motifs is 1. The van der Waals surface area contributed by atoms with E-state index in [0.29, 0.717) is 0 Å². The summed E-state index contributed by atoms with van der Waals surface area (Å²) in [5.41, 5.74) is 3.00. The van der Waals surface area contributed by atoms with Gasteiger partial charge >= 0.3 is 0 Å². The Labute approximate surface area is 90.8 Å². The Balaban J connectivity index is 2.40. The van der Waals surface area contributed by atoms with Gasteiger partial charge in [0.2, 0.25) is 0 Å². The molecule has 0 bridgehead atoms. The van der Waals surface area contributed by atoms with Gasteiger partial charge in [-0.25, -0.2) is 0 Å². The zero-order chi connectivity index (χ0) is 11.1. The minimum atomic E-state index is -0.288. The third kappa shape index (κ3) is 1.74. The number of rotatable bonds is 1. The predicted octanol–water partition coefficient (Wildman–Crippen LogP) is 3.24. The van der Waals surface area contributed by atoms with Crippen LogP contribution in [0.3, 0.4) is 0 Å². The van der Waals surface area contributed by atoms with E-state index in [1.807, 2.05) is 39.0 Å². The fraction of sp³-hybridized carbons (Fsp3) is 0.357. The van der Waals surface area contributed by atoms with Crippen molar-refractivity contribution in [2.45, 2.75) is 27.2 Å². The first-order valence-electron chi connectivity index (χ1n) is 5.33. The van der Waals surface area contributed by atoms with Crippen molar-refractivity contribution in [1.29, 1.82) is 0 Å². The molecule has 1 aliphatic rings. The average molecular weight is 200 g/mol. The molecule has 78 valence electrons. The highest BCUT2D eigenvalue weighted by Gasteiger charge is 2.28. The lowest BCUT2D eigenvalue weighted by Crippen LogP contribution is -2.20. The highest BCUT2D eigenvalue weighted by molar-refractivity contribution is 6.24. The molecule has 1 aliphatic carbocycles. The molecule has 0 aromatic heterocycles. The number of ketones is 1. The lowest BCUT2D eigenvalue weighted by atomic mass is 9.84. The van der Waals surface area contributed by atoms with Crippen LogP contribution in [0.2, 0.25) is 0 Å². The highest BCUT2D eigenvalue weighted by atomic mass is 16.1. The van der Waals surface area contributed by atoms with Crippen molar-refractivity contribution in [2.24, 2.45) is 5.41 Å². The smallest absolute Gasteiger partial charge is 0.168 e. The molecule has 0 spiro atoms. The van der Waals surface area contributed by atoms with Gasteiger partial charge in [-0.15, -0.1) is 0 Å². The van der Waals surface area contributed by atoms with Crippen LogP contribution in [0.15, 0.2) is 30.3 Å². The molecule has 0 radical (unpaired) electrons. The summed E-state index contributed by atoms with van der Waals surface area (Å²) >= 11 is 0. The average Bonchev–Trinajstić information content (AvgIpc) is 2.58. The molecule has 1 heteroatoms. The maximum Gasteiger partial charge on any atom is 0.168 e. The quantitative estimate of drug-likeness (QED) is 0.680. The molecule has 0 N–H and O–H groups in total. The Morgan fingerprint density at radius 2 is 1.87 bits per heavy atom. The molecule has 0 atom stereocenters. The molecule has 0 saturated heterocycles. The lowest BCUT2D eigenvalue weighted by Gasteiger charge is -2.18. The second-order valence-corrected chi connectivity index (χ2v) is 5.06. The first kappa shape index (κ1) is 10.2. The summed E-state index contributed by atoms with van der Waals surface area (Å²) in [7, 11) is 0. The van der Waals surface area contributed by atoms with E-state index in [1.54, 1.807) is 0 Å². The second-order valence-electron chi connectivity index (χ2n) is 5.06. The number of carbonyl (C=O) groups is 1. The van der Waals surface area contributed by atoms with E-state index in [0.717, 1.165) is 17.6 Å². The van der Waals surface area contributed by atoms with Crippen LogP contribution >= 0.6 is 0 Å². The van der Waals surface area contributed by atoms with Gasteiger partial charge in [-0.2, -0.15) is 0 Å². The zero-order valence-electron chi connectivity index (χ0n) is 9.50. The Kier molecular flexibility index (Phi) is 2.26. The Morgan fingerprint density at radius 3 is 2.53 bits per heavy atom. The summed E-state index contributed by atoms with van der Waals surface area (Å²) in [5.74, 6) is 0.243. The van der Waals surface area contributed by atoms with Crippen molar-refractivity contribution in [3.05, 3.63) is 41.5 Å². The fourth-order valence-electron chi connectivity index (χ4n) is 1.90. The van der Waals surface area contributed by atoms with E-state index >= 15 is 0 Å². The van der Waals surface area contributed by atoms with Crippen LogP contribution in [0.25, 0.3) is 5.57 Å². The van der Waals surface area contributed by atoms with E-state index in [9.17, 15) is 4.79 Å². The van der Waals surface area contributed by atoms with Crippen LogP contribution in [-0.4, -0.2) is 5.78 Å². The van der Waals surface area contributed by atoms with Crippen LogP contribution in [0, 0.1) is 5.41 Å². The van der Waals surface area contributed by atoms with E-state index in [1.165, 1.54) is 5.56 Å². The van der Waals surface area contributed by atoms with Gasteiger partial charge in [-0.05, 0) is 17.5 Å². The normalized spacial score (nSPS) is 14.7. The summed E-state index contributed by atoms with van der Waals surface area (Å²) in [6, 6.07) is 8.15. The first-order chi connectivity index (χ1) is 7.00. The topological polar surface area (TPSA) is 17.1 Å². The minimum Gasteiger partial charge on any atom is -0.294 e. The van der Waals surface area contributed by atoms with Gasteiger partial charge in [0.25, 0.3) is 0 Å². The van der Waals surface area contributed by atoms with E-state index < -0.39 is 0 Å². The second kappa shape index (κ2) is 3.34. The first-order valence-corrected chi connectivity index (χ1v) is 5.33. The van der Waals surface area contributed by atoms with Gasteiger partial charge < -0.3 is 0 Å². The number of hydrogen-bond acceptors (Lipinski definition) is 1. The number of carbonyl (C=O) groups excluding carboxylic acids is 1. The molecule has 0 aliphatic heterocycles. The molecule has 1 nitrogen and oxygen atoms in total. The third-order valence-electron chi connectivity index (χ3n) is 2.76. The summed E-state index contributed by atoms with van der Waals surface area (Å²) in [6.07, 6.45) is 2.95. The minimum absolute atomic E-state index is 0.243. The zero-order valence-corrected chi connectivity index (χ0v) is 9.50. The maximum atomic E-state index is 12.2. The molecule has 1 aromatic rings. The van der Waals surface area contributed by atoms with Crippen molar-refractivity contribution >= 4 is 11.4 Å². The van der Waals surface area contributed by atoms with Gasteiger partial charge in [0, 0.05) is 11.0 Å². The van der Waals surface area contributed by atoms with Crippen molar-refractivity contribution in [3.8, 4) is 0 Å². The number of benzene rings is 1. The monoisotopic (exact) mass is 200 g/mol. The Hall–Kier alpha value is -1.37. The standard InChI is InChI=1S/C14H16O/c1-14(2,3)13(15)12-9-8-10-6-4-5-7-11(10)12/h4-7,9H,8H2,1-3H3. The van der Waals surface area contributed by atoms with Crippen LogP contribution in [0.4, 0.5) is 0 Å². The predicted molar refractivity (Wildman–Crippen MR) is 62.6 cm³/mol. The van der Waals surface area contributed by atoms with Crippen LogP contribution in [0.5, 0.6) is 0 Å². The fourth-order valence-corrected chi connectivity index (χ4v) is 1.90. The van der Waals surface area contributed by atoms with Gasteiger partial charge in [-0.3, -0.25) is 4.79 Å². The molecule has 0 fully saturated rings. The molecule has 0 amide bonds. The molecule has 0 unspecified atom stereocenters. The molecular formula is C14H16O. The highest BCUT2D eigenvalue weighted by Crippen LogP contribution is 2.33. The summed E-state index contributed by atoms with van der Waals surface area (Å²) in [5, 5.41) is 0. The maximum absolute atomic E-state index is 12.2. The molecule has 2 rings (SSSR count). The number of hydrogen-bond donors (Lipinski definition) is 0. The van der Waals surface area contributed by atoms with E-state index in [2.05, 4.69) is 12.1 Å². The molecule has 15 heavy (non-hydrogen) atoms. The number of Topliss-reactive ketones (excluding diaryl/α,β-unsaturated/α-hetero) is 1. The van der Waals surface area contributed by atoms with Gasteiger partial charge in [0.05, 0.1) is 0 Å². The van der Waals surface area contributed by atoms with Gasteiger partial charge in [0.15, 0.2) is 5.78 Å². The third-order valence-corrected chi connectivity index (χ3v) is 2.76. The van der Waals surface area contributed by atoms with Gasteiger partial charge in [-0.1, -0.05) is 51.1 Å². The molecule has 0 heterocycles. The molecule has 1 aromatic carbocycles. The van der Waals surface area contributed by atoms with Crippen molar-refractivity contribution in [1.82, 2.24) is 0 Å². The molecule has 0 saturated carbocycles. The van der Waals surface area contributed by atoms with Gasteiger partial charge in [0.1, 0.15) is 0 Å². The van der Waals surface area contributed by atoms with E-state index in [4.69, 9.17) is 0 Å². The van der Waals surface area contributed by atoms with Crippen molar-refractivity contribution in [3.63, 3.8) is 0 Å². The summed E-state index contributed by atoms with van der Waals surface area (Å²) in [4.78, 5) is 12.2. The Morgan fingerprint density at radius 1 is 1.20 bits per heavy atom. The summed E-state index contributed by atoms with van der Waals surface area (Å²) in [6.45, 7) is 5.91. The Bertz CT molecular complexity index is 433. The molecular weight excluding hydrogens is 184 g/mol. The van der Waals surface area contributed by atoms with E-state index in [-0.39, 0.29) is 11.2 Å². The van der Waals surface area contributed by atoms with Crippen LogP contribution in [0.1, 0.15) is 31.9 Å². The van der Waals surface area contributed by atoms with Crippen molar-refractivity contribution < 1.29 is 4.79 Å².